The molecular formula is C25H19N7O2S. The Morgan fingerprint density at radius 3 is 2.49 bits per heavy atom. The van der Waals surface area contributed by atoms with Crippen LogP contribution < -0.4 is 10.0 Å². The van der Waals surface area contributed by atoms with Gasteiger partial charge in [0.15, 0.2) is 17.5 Å². The molecule has 0 fully saturated rings. The molecule has 172 valence electrons. The molecule has 10 heteroatoms. The molecular weight excluding hydrogens is 462 g/mol. The van der Waals surface area contributed by atoms with E-state index in [1.165, 1.54) is 18.5 Å². The predicted octanol–water partition coefficient (Wildman–Crippen LogP) is 3.93. The van der Waals surface area contributed by atoms with Crippen LogP contribution in [-0.4, -0.2) is 33.2 Å². The number of nitrogens with zero attached hydrogens (tertiary/aromatic N) is 5. The predicted molar refractivity (Wildman–Crippen MR) is 132 cm³/mol. The van der Waals surface area contributed by atoms with Crippen molar-refractivity contribution >= 4 is 21.5 Å². The molecule has 0 amide bonds. The molecule has 0 spiro atoms. The van der Waals surface area contributed by atoms with Crippen molar-refractivity contribution in [3.8, 4) is 28.5 Å². The molecule has 35 heavy (non-hydrogen) atoms. The van der Waals surface area contributed by atoms with E-state index in [0.717, 1.165) is 28.1 Å². The van der Waals surface area contributed by atoms with Crippen molar-refractivity contribution in [2.75, 3.05) is 5.32 Å². The van der Waals surface area contributed by atoms with E-state index in [1.807, 2.05) is 65.2 Å². The molecule has 2 aromatic carbocycles. The Bertz CT molecular complexity index is 1630. The second kappa shape index (κ2) is 8.42. The van der Waals surface area contributed by atoms with Gasteiger partial charge in [0.25, 0.3) is 0 Å². The maximum atomic E-state index is 12.5. The van der Waals surface area contributed by atoms with Crippen molar-refractivity contribution in [3.63, 3.8) is 0 Å². The van der Waals surface area contributed by atoms with Gasteiger partial charge in [-0.1, -0.05) is 36.4 Å². The fourth-order valence-electron chi connectivity index (χ4n) is 4.00. The normalized spacial score (nSPS) is 12.1. The van der Waals surface area contributed by atoms with Crippen molar-refractivity contribution in [3.05, 3.63) is 97.0 Å². The molecule has 1 aliphatic heterocycles. The number of sulfonamides is 1. The average Bonchev–Trinajstić information content (AvgIpc) is 3.28. The highest BCUT2D eigenvalue weighted by atomic mass is 32.2. The molecule has 0 aliphatic carbocycles. The van der Waals surface area contributed by atoms with Crippen LogP contribution in [0.25, 0.3) is 28.5 Å². The summed E-state index contributed by atoms with van der Waals surface area (Å²) >= 11 is 0. The third kappa shape index (κ3) is 3.84. The summed E-state index contributed by atoms with van der Waals surface area (Å²) in [6.45, 7) is 0.152. The van der Waals surface area contributed by atoms with Crippen LogP contribution in [0.15, 0.2) is 96.3 Å². The number of anilines is 2. The van der Waals surface area contributed by atoms with Crippen LogP contribution in [0.4, 0.5) is 11.5 Å². The van der Waals surface area contributed by atoms with Gasteiger partial charge >= 0.3 is 0 Å². The fourth-order valence-corrected chi connectivity index (χ4v) is 4.98. The maximum absolute atomic E-state index is 12.5. The van der Waals surface area contributed by atoms with Gasteiger partial charge in [-0.25, -0.2) is 18.1 Å². The molecule has 0 unspecified atom stereocenters. The summed E-state index contributed by atoms with van der Waals surface area (Å²) in [7, 11) is -3.64. The number of pyridine rings is 2. The quantitative estimate of drug-likeness (QED) is 0.383. The van der Waals surface area contributed by atoms with Gasteiger partial charge in [-0.2, -0.15) is 0 Å². The Kier molecular flexibility index (Phi) is 5.09. The van der Waals surface area contributed by atoms with E-state index in [-0.39, 0.29) is 11.4 Å². The van der Waals surface area contributed by atoms with Crippen LogP contribution in [0.3, 0.4) is 0 Å². The van der Waals surface area contributed by atoms with Gasteiger partial charge in [0.2, 0.25) is 10.0 Å². The first-order valence-corrected chi connectivity index (χ1v) is 12.3. The minimum absolute atomic E-state index is 0.129. The van der Waals surface area contributed by atoms with Crippen molar-refractivity contribution in [2.45, 2.75) is 11.4 Å². The SMILES string of the molecule is O=S(=O)(NCc1ccc(-c2nnc3n2-c2cccnc2Nc2ccccc2-3)cc1)c1cccnc1. The second-order valence-electron chi connectivity index (χ2n) is 7.93. The van der Waals surface area contributed by atoms with Gasteiger partial charge < -0.3 is 5.32 Å². The molecule has 9 nitrogen and oxygen atoms in total. The molecule has 0 radical (unpaired) electrons. The zero-order valence-corrected chi connectivity index (χ0v) is 19.1. The standard InChI is InChI=1S/C25H19N7O2S/c33-35(34,19-5-3-13-26-16-19)28-15-17-9-11-18(12-10-17)24-30-31-25-20-6-1-2-7-21(20)29-23-22(32(24)25)8-4-14-27-23/h1-14,16,28H,15H2,(H,27,29). The van der Waals surface area contributed by atoms with Gasteiger partial charge in [-0.15, -0.1) is 10.2 Å². The Labute approximate surface area is 201 Å². The van der Waals surface area contributed by atoms with Gasteiger partial charge in [0.05, 0.1) is 11.4 Å². The number of hydrogen-bond donors (Lipinski definition) is 2. The van der Waals surface area contributed by atoms with Gasteiger partial charge in [-0.3, -0.25) is 9.55 Å². The first-order chi connectivity index (χ1) is 17.1. The zero-order valence-electron chi connectivity index (χ0n) is 18.3. The summed E-state index contributed by atoms with van der Waals surface area (Å²) in [5.41, 5.74) is 4.32. The highest BCUT2D eigenvalue weighted by molar-refractivity contribution is 7.89. The van der Waals surface area contributed by atoms with E-state index in [2.05, 4.69) is 30.2 Å². The average molecular weight is 482 g/mol. The zero-order chi connectivity index (χ0) is 23.8. The molecule has 1 aliphatic rings. The number of aromatic nitrogens is 5. The lowest BCUT2D eigenvalue weighted by atomic mass is 10.1. The Hall–Kier alpha value is -4.41. The van der Waals surface area contributed by atoms with Crippen LogP contribution in [0.1, 0.15) is 5.56 Å². The molecule has 0 atom stereocenters. The molecule has 0 saturated carbocycles. The number of benzene rings is 2. The van der Waals surface area contributed by atoms with Crippen molar-refractivity contribution in [1.82, 2.24) is 29.5 Å². The summed E-state index contributed by atoms with van der Waals surface area (Å²) in [5.74, 6) is 2.08. The summed E-state index contributed by atoms with van der Waals surface area (Å²) in [4.78, 5) is 8.52. The van der Waals surface area contributed by atoms with Crippen molar-refractivity contribution in [2.24, 2.45) is 0 Å². The molecule has 6 rings (SSSR count). The Morgan fingerprint density at radius 2 is 1.66 bits per heavy atom. The van der Waals surface area contributed by atoms with Crippen LogP contribution >= 0.6 is 0 Å². The van der Waals surface area contributed by atoms with Crippen molar-refractivity contribution in [1.29, 1.82) is 0 Å². The van der Waals surface area contributed by atoms with Crippen LogP contribution in [0.5, 0.6) is 0 Å². The first kappa shape index (κ1) is 21.1. The molecule has 3 aromatic heterocycles. The van der Waals surface area contributed by atoms with Gasteiger partial charge in [0, 0.05) is 36.3 Å². The van der Waals surface area contributed by atoms with Crippen molar-refractivity contribution < 1.29 is 8.42 Å². The summed E-state index contributed by atoms with van der Waals surface area (Å²) in [5, 5.41) is 12.4. The third-order valence-corrected chi connectivity index (χ3v) is 7.12. The molecule has 0 bridgehead atoms. The van der Waals surface area contributed by atoms with E-state index in [4.69, 9.17) is 0 Å². The molecule has 0 saturated heterocycles. The number of fused-ring (bicyclic) bond motifs is 5. The monoisotopic (exact) mass is 481 g/mol. The third-order valence-electron chi connectivity index (χ3n) is 5.73. The van der Waals surface area contributed by atoms with Crippen LogP contribution in [0.2, 0.25) is 0 Å². The summed E-state index contributed by atoms with van der Waals surface area (Å²) in [6.07, 6.45) is 4.60. The lowest BCUT2D eigenvalue weighted by Crippen LogP contribution is -2.23. The molecule has 2 N–H and O–H groups in total. The number of rotatable bonds is 5. The fraction of sp³-hybridized carbons (Fsp3) is 0.0400. The van der Waals surface area contributed by atoms with E-state index in [9.17, 15) is 8.42 Å². The van der Waals surface area contributed by atoms with E-state index >= 15 is 0 Å². The smallest absolute Gasteiger partial charge is 0.242 e. The highest BCUT2D eigenvalue weighted by Crippen LogP contribution is 2.38. The minimum atomic E-state index is -3.64. The number of para-hydroxylation sites is 1. The van der Waals surface area contributed by atoms with Gasteiger partial charge in [-0.05, 0) is 42.0 Å². The number of hydrogen-bond acceptors (Lipinski definition) is 7. The minimum Gasteiger partial charge on any atom is -0.338 e. The number of nitrogens with one attached hydrogen (secondary N) is 2. The first-order valence-electron chi connectivity index (χ1n) is 10.9. The maximum Gasteiger partial charge on any atom is 0.242 e. The Balaban J connectivity index is 1.34. The molecule has 4 heterocycles. The van der Waals surface area contributed by atoms with E-state index in [1.54, 1.807) is 12.3 Å². The lowest BCUT2D eigenvalue weighted by Gasteiger charge is -2.11. The summed E-state index contributed by atoms with van der Waals surface area (Å²) < 4.78 is 29.6. The second-order valence-corrected chi connectivity index (χ2v) is 9.70. The molecule has 5 aromatic rings. The van der Waals surface area contributed by atoms with Crippen LogP contribution in [0, 0.1) is 0 Å². The van der Waals surface area contributed by atoms with Crippen LogP contribution in [-0.2, 0) is 16.6 Å². The van der Waals surface area contributed by atoms with E-state index < -0.39 is 10.0 Å². The highest BCUT2D eigenvalue weighted by Gasteiger charge is 2.24. The topological polar surface area (TPSA) is 115 Å². The Morgan fingerprint density at radius 1 is 0.857 bits per heavy atom. The van der Waals surface area contributed by atoms with E-state index in [0.29, 0.717) is 17.5 Å². The largest absolute Gasteiger partial charge is 0.338 e. The lowest BCUT2D eigenvalue weighted by molar-refractivity contribution is 0.581. The summed E-state index contributed by atoms with van der Waals surface area (Å²) in [6, 6.07) is 22.4. The van der Waals surface area contributed by atoms with Gasteiger partial charge in [0.1, 0.15) is 4.90 Å².